The average Bonchev–Trinajstić information content (AvgIpc) is 2.66. The van der Waals surface area contributed by atoms with E-state index in [1.54, 1.807) is 6.08 Å². The number of carbonyl (C=O) groups is 1. The van der Waals surface area contributed by atoms with Crippen LogP contribution in [0.5, 0.6) is 0 Å². The first-order valence-corrected chi connectivity index (χ1v) is 6.32. The summed E-state index contributed by atoms with van der Waals surface area (Å²) in [5, 5.41) is 0. The van der Waals surface area contributed by atoms with Crippen LogP contribution in [0.15, 0.2) is 72.9 Å². The molecule has 1 rings (SSSR count). The molecule has 0 atom stereocenters. The lowest BCUT2D eigenvalue weighted by atomic mass is 9.94. The number of hydrogen-bond donors (Lipinski definition) is 0. The van der Waals surface area contributed by atoms with Crippen molar-refractivity contribution >= 4 is 5.78 Å². The van der Waals surface area contributed by atoms with Crippen LogP contribution in [0.3, 0.4) is 0 Å². The third-order valence-electron chi connectivity index (χ3n) is 2.65. The molecule has 1 aliphatic carbocycles. The molecule has 0 unspecified atom stereocenters. The Morgan fingerprint density at radius 3 is 2.39 bits per heavy atom. The molecule has 0 saturated heterocycles. The monoisotopic (exact) mass is 240 g/mol. The number of allylic oxidation sites excluding steroid dienone is 11. The van der Waals surface area contributed by atoms with Crippen LogP contribution >= 0.6 is 0 Å². The predicted octanol–water partition coefficient (Wildman–Crippen LogP) is 4.32. The van der Waals surface area contributed by atoms with Gasteiger partial charge in [0.15, 0.2) is 5.78 Å². The number of rotatable bonds is 6. The molecule has 0 spiro atoms. The molecule has 0 amide bonds. The largest absolute Gasteiger partial charge is 0.294 e. The predicted molar refractivity (Wildman–Crippen MR) is 78.2 cm³/mol. The molecule has 0 fully saturated rings. The van der Waals surface area contributed by atoms with E-state index in [1.165, 1.54) is 0 Å². The Balaban J connectivity index is 2.79. The third kappa shape index (κ3) is 4.54. The molecule has 0 heterocycles. The van der Waals surface area contributed by atoms with Crippen LogP contribution in [-0.4, -0.2) is 5.78 Å². The van der Waals surface area contributed by atoms with Gasteiger partial charge in [-0.15, -0.1) is 0 Å². The molecule has 0 aliphatic heterocycles. The lowest BCUT2D eigenvalue weighted by molar-refractivity contribution is -0.116. The van der Waals surface area contributed by atoms with E-state index in [9.17, 15) is 4.79 Å². The van der Waals surface area contributed by atoms with E-state index >= 15 is 0 Å². The van der Waals surface area contributed by atoms with Crippen LogP contribution in [0.4, 0.5) is 0 Å². The van der Waals surface area contributed by atoms with Gasteiger partial charge in [-0.1, -0.05) is 74.3 Å². The fourth-order valence-electron chi connectivity index (χ4n) is 1.72. The van der Waals surface area contributed by atoms with Gasteiger partial charge in [-0.25, -0.2) is 0 Å². The molecule has 18 heavy (non-hydrogen) atoms. The first-order chi connectivity index (χ1) is 8.79. The fourth-order valence-corrected chi connectivity index (χ4v) is 1.72. The lowest BCUT2D eigenvalue weighted by Crippen LogP contribution is -2.12. The summed E-state index contributed by atoms with van der Waals surface area (Å²) < 4.78 is 0. The first-order valence-electron chi connectivity index (χ1n) is 6.32. The highest BCUT2D eigenvalue weighted by molar-refractivity contribution is 6.00. The van der Waals surface area contributed by atoms with Gasteiger partial charge < -0.3 is 0 Å². The minimum atomic E-state index is -0.166. The van der Waals surface area contributed by atoms with Crippen molar-refractivity contribution in [2.24, 2.45) is 5.92 Å². The Kier molecular flexibility index (Phi) is 6.49. The van der Waals surface area contributed by atoms with Crippen molar-refractivity contribution < 1.29 is 4.79 Å². The maximum atomic E-state index is 12.4. The quantitative estimate of drug-likeness (QED) is 0.384. The standard InChI is InChI=1S/C17H20O/c1-3-5-8-12-15(11-4-2)17(18)16-13-9-6-7-10-14-16/h4-11,13-14,16H,2-3,12H2,1H3/b8-5-,15-11+. The minimum Gasteiger partial charge on any atom is -0.294 e. The number of Topliss-reactive ketones (excluding diaryl/α,β-unsaturated/α-hetero) is 1. The maximum Gasteiger partial charge on any atom is 0.169 e. The summed E-state index contributed by atoms with van der Waals surface area (Å²) in [6.07, 6.45) is 20.8. The van der Waals surface area contributed by atoms with Crippen LogP contribution < -0.4 is 0 Å². The zero-order chi connectivity index (χ0) is 13.2. The Labute approximate surface area is 110 Å². The molecular weight excluding hydrogens is 220 g/mol. The highest BCUT2D eigenvalue weighted by atomic mass is 16.1. The Hall–Kier alpha value is -1.89. The van der Waals surface area contributed by atoms with E-state index < -0.39 is 0 Å². The Morgan fingerprint density at radius 1 is 1.17 bits per heavy atom. The summed E-state index contributed by atoms with van der Waals surface area (Å²) in [6.45, 7) is 5.75. The highest BCUT2D eigenvalue weighted by Gasteiger charge is 2.15. The Morgan fingerprint density at radius 2 is 1.83 bits per heavy atom. The van der Waals surface area contributed by atoms with Crippen LogP contribution in [0, 0.1) is 5.92 Å². The van der Waals surface area contributed by atoms with E-state index in [0.717, 1.165) is 12.0 Å². The minimum absolute atomic E-state index is 0.145. The van der Waals surface area contributed by atoms with E-state index in [0.29, 0.717) is 6.42 Å². The van der Waals surface area contributed by atoms with E-state index in [4.69, 9.17) is 0 Å². The van der Waals surface area contributed by atoms with Gasteiger partial charge in [0.05, 0.1) is 5.92 Å². The first kappa shape index (κ1) is 14.2. The van der Waals surface area contributed by atoms with Gasteiger partial charge in [0.1, 0.15) is 0 Å². The van der Waals surface area contributed by atoms with Crippen molar-refractivity contribution in [3.05, 3.63) is 72.9 Å². The molecule has 94 valence electrons. The third-order valence-corrected chi connectivity index (χ3v) is 2.65. The average molecular weight is 240 g/mol. The molecule has 0 N–H and O–H groups in total. The smallest absolute Gasteiger partial charge is 0.169 e. The maximum absolute atomic E-state index is 12.4. The zero-order valence-corrected chi connectivity index (χ0v) is 10.9. The van der Waals surface area contributed by atoms with Crippen molar-refractivity contribution in [2.45, 2.75) is 19.8 Å². The Bertz CT molecular complexity index is 415. The summed E-state index contributed by atoms with van der Waals surface area (Å²) in [5.41, 5.74) is 0.802. The molecule has 0 bridgehead atoms. The van der Waals surface area contributed by atoms with E-state index in [1.807, 2.05) is 48.6 Å². The topological polar surface area (TPSA) is 17.1 Å². The molecule has 0 aromatic heterocycles. The van der Waals surface area contributed by atoms with Crippen LogP contribution in [0.25, 0.3) is 0 Å². The number of hydrogen-bond acceptors (Lipinski definition) is 1. The molecule has 0 saturated carbocycles. The van der Waals surface area contributed by atoms with Gasteiger partial charge in [0.2, 0.25) is 0 Å². The van der Waals surface area contributed by atoms with Gasteiger partial charge in [-0.05, 0) is 18.4 Å². The second kappa shape index (κ2) is 8.24. The summed E-state index contributed by atoms with van der Waals surface area (Å²) in [6, 6.07) is 0. The number of carbonyl (C=O) groups excluding carboxylic acids is 1. The molecule has 0 radical (unpaired) electrons. The highest BCUT2D eigenvalue weighted by Crippen LogP contribution is 2.16. The van der Waals surface area contributed by atoms with Crippen molar-refractivity contribution in [1.82, 2.24) is 0 Å². The summed E-state index contributed by atoms with van der Waals surface area (Å²) in [4.78, 5) is 12.4. The number of ketones is 1. The van der Waals surface area contributed by atoms with Crippen LogP contribution in [0.1, 0.15) is 19.8 Å². The summed E-state index contributed by atoms with van der Waals surface area (Å²) >= 11 is 0. The van der Waals surface area contributed by atoms with E-state index in [2.05, 4.69) is 19.6 Å². The zero-order valence-electron chi connectivity index (χ0n) is 10.9. The van der Waals surface area contributed by atoms with Gasteiger partial charge in [0.25, 0.3) is 0 Å². The second-order valence-corrected chi connectivity index (χ2v) is 4.06. The van der Waals surface area contributed by atoms with Crippen molar-refractivity contribution in [3.8, 4) is 0 Å². The van der Waals surface area contributed by atoms with Crippen molar-refractivity contribution in [2.75, 3.05) is 0 Å². The van der Waals surface area contributed by atoms with E-state index in [-0.39, 0.29) is 11.7 Å². The van der Waals surface area contributed by atoms with Crippen LogP contribution in [-0.2, 0) is 4.79 Å². The molecule has 0 aromatic rings. The molecule has 1 heteroatoms. The normalized spacial score (nSPS) is 16.2. The lowest BCUT2D eigenvalue weighted by Gasteiger charge is -2.08. The van der Waals surface area contributed by atoms with Gasteiger partial charge in [-0.2, -0.15) is 0 Å². The molecule has 1 aliphatic rings. The van der Waals surface area contributed by atoms with Crippen LogP contribution in [0.2, 0.25) is 0 Å². The fraction of sp³-hybridized carbons (Fsp3) is 0.235. The summed E-state index contributed by atoms with van der Waals surface area (Å²) in [7, 11) is 0. The van der Waals surface area contributed by atoms with Gasteiger partial charge >= 0.3 is 0 Å². The molecule has 1 nitrogen and oxygen atoms in total. The SMILES string of the molecule is C=C/C=C(\C/C=C\CC)C(=O)C1C=CC=CC=C1. The van der Waals surface area contributed by atoms with Crippen molar-refractivity contribution in [3.63, 3.8) is 0 Å². The van der Waals surface area contributed by atoms with Gasteiger partial charge in [-0.3, -0.25) is 4.79 Å². The molecular formula is C17H20O. The molecule has 0 aromatic carbocycles. The van der Waals surface area contributed by atoms with Gasteiger partial charge in [0, 0.05) is 0 Å². The van der Waals surface area contributed by atoms with Crippen molar-refractivity contribution in [1.29, 1.82) is 0 Å². The summed E-state index contributed by atoms with van der Waals surface area (Å²) in [5.74, 6) is -0.0203. The second-order valence-electron chi connectivity index (χ2n) is 4.06.